The van der Waals surface area contributed by atoms with Gasteiger partial charge in [0.1, 0.15) is 4.88 Å². The Bertz CT molecular complexity index is 1010. The summed E-state index contributed by atoms with van der Waals surface area (Å²) in [6.45, 7) is 1.82. The standard InChI is InChI=1S/C24H23NO4S/c1-17(26)25-14-5-6-18-9-11-20(12-10-18)22(27)16-29-24(28)23-21(13-15-30-23)19-7-3-2-4-8-19/h2-4,7-13,15H,5-6,14,16H2,1H3,(H,25,26). The lowest BCUT2D eigenvalue weighted by molar-refractivity contribution is -0.118. The molecular formula is C24H23NO4S. The van der Waals surface area contributed by atoms with Crippen LogP contribution in [0.5, 0.6) is 0 Å². The SMILES string of the molecule is CC(=O)NCCCc1ccc(C(=O)COC(=O)c2sccc2-c2ccccc2)cc1. The van der Waals surface area contributed by atoms with Crippen LogP contribution in [0.3, 0.4) is 0 Å². The summed E-state index contributed by atoms with van der Waals surface area (Å²) in [7, 11) is 0. The third-order valence-electron chi connectivity index (χ3n) is 4.56. The molecule has 1 heterocycles. The quantitative estimate of drug-likeness (QED) is 0.313. The average molecular weight is 422 g/mol. The van der Waals surface area contributed by atoms with E-state index in [1.807, 2.05) is 53.9 Å². The zero-order valence-corrected chi connectivity index (χ0v) is 17.5. The summed E-state index contributed by atoms with van der Waals surface area (Å²) in [5.41, 5.74) is 3.33. The summed E-state index contributed by atoms with van der Waals surface area (Å²) in [4.78, 5) is 36.2. The van der Waals surface area contributed by atoms with Gasteiger partial charge in [0.25, 0.3) is 0 Å². The van der Waals surface area contributed by atoms with E-state index < -0.39 is 5.97 Å². The largest absolute Gasteiger partial charge is 0.453 e. The molecule has 5 nitrogen and oxygen atoms in total. The lowest BCUT2D eigenvalue weighted by Gasteiger charge is -2.07. The first-order chi connectivity index (χ1) is 14.5. The molecule has 2 aromatic carbocycles. The van der Waals surface area contributed by atoms with Crippen molar-refractivity contribution in [1.29, 1.82) is 0 Å². The molecule has 0 aliphatic heterocycles. The monoisotopic (exact) mass is 421 g/mol. The third kappa shape index (κ3) is 5.87. The van der Waals surface area contributed by atoms with Crippen LogP contribution in [0.25, 0.3) is 11.1 Å². The van der Waals surface area contributed by atoms with Crippen molar-refractivity contribution >= 4 is 29.0 Å². The van der Waals surface area contributed by atoms with Crippen molar-refractivity contribution in [3.8, 4) is 11.1 Å². The second-order valence-electron chi connectivity index (χ2n) is 6.81. The molecule has 3 rings (SSSR count). The van der Waals surface area contributed by atoms with Crippen LogP contribution in [0.4, 0.5) is 0 Å². The molecule has 0 unspecified atom stereocenters. The number of hydrogen-bond donors (Lipinski definition) is 1. The van der Waals surface area contributed by atoms with Crippen molar-refractivity contribution in [2.24, 2.45) is 0 Å². The number of hydrogen-bond acceptors (Lipinski definition) is 5. The maximum absolute atomic E-state index is 12.5. The summed E-state index contributed by atoms with van der Waals surface area (Å²) in [6.07, 6.45) is 1.64. The Balaban J connectivity index is 1.53. The highest BCUT2D eigenvalue weighted by atomic mass is 32.1. The van der Waals surface area contributed by atoms with E-state index in [0.717, 1.165) is 29.5 Å². The van der Waals surface area contributed by atoms with Gasteiger partial charge in [0.15, 0.2) is 12.4 Å². The van der Waals surface area contributed by atoms with E-state index in [1.54, 1.807) is 12.1 Å². The fourth-order valence-electron chi connectivity index (χ4n) is 3.01. The molecule has 0 atom stereocenters. The highest BCUT2D eigenvalue weighted by Crippen LogP contribution is 2.28. The van der Waals surface area contributed by atoms with Crippen LogP contribution in [0, 0.1) is 0 Å². The van der Waals surface area contributed by atoms with Crippen molar-refractivity contribution in [3.63, 3.8) is 0 Å². The maximum atomic E-state index is 12.5. The number of benzene rings is 2. The van der Waals surface area contributed by atoms with Crippen LogP contribution in [0.1, 0.15) is 38.9 Å². The summed E-state index contributed by atoms with van der Waals surface area (Å²) >= 11 is 1.30. The van der Waals surface area contributed by atoms with E-state index in [2.05, 4.69) is 5.32 Å². The van der Waals surface area contributed by atoms with Crippen molar-refractivity contribution in [1.82, 2.24) is 5.32 Å². The molecular weight excluding hydrogens is 398 g/mol. The molecule has 1 aromatic heterocycles. The number of ketones is 1. The number of Topliss-reactive ketones (excluding diaryl/α,β-unsaturated/α-hetero) is 1. The number of carbonyl (C=O) groups excluding carboxylic acids is 3. The van der Waals surface area contributed by atoms with E-state index in [1.165, 1.54) is 18.3 Å². The van der Waals surface area contributed by atoms with E-state index in [9.17, 15) is 14.4 Å². The van der Waals surface area contributed by atoms with Gasteiger partial charge < -0.3 is 10.1 Å². The number of thiophene rings is 1. The first-order valence-corrected chi connectivity index (χ1v) is 10.6. The number of esters is 1. The zero-order valence-electron chi connectivity index (χ0n) is 16.7. The minimum Gasteiger partial charge on any atom is -0.453 e. The molecule has 6 heteroatoms. The number of ether oxygens (including phenoxy) is 1. The molecule has 0 aliphatic carbocycles. The molecule has 0 radical (unpaired) electrons. The Hall–Kier alpha value is -3.25. The van der Waals surface area contributed by atoms with Crippen LogP contribution < -0.4 is 5.32 Å². The van der Waals surface area contributed by atoms with E-state index in [-0.39, 0.29) is 18.3 Å². The van der Waals surface area contributed by atoms with Gasteiger partial charge in [-0.3, -0.25) is 9.59 Å². The Morgan fingerprint density at radius 3 is 2.40 bits per heavy atom. The molecule has 3 aromatic rings. The highest BCUT2D eigenvalue weighted by Gasteiger charge is 2.17. The third-order valence-corrected chi connectivity index (χ3v) is 5.46. The molecule has 0 saturated heterocycles. The van der Waals surface area contributed by atoms with Gasteiger partial charge in [-0.05, 0) is 35.4 Å². The number of nitrogens with one attached hydrogen (secondary N) is 1. The van der Waals surface area contributed by atoms with E-state index in [4.69, 9.17) is 4.74 Å². The Kier molecular flexibility index (Phi) is 7.51. The average Bonchev–Trinajstić information content (AvgIpc) is 3.26. The molecule has 0 aliphatic rings. The molecule has 154 valence electrons. The molecule has 0 spiro atoms. The minimum atomic E-state index is -0.494. The van der Waals surface area contributed by atoms with Gasteiger partial charge in [0.05, 0.1) is 0 Å². The molecule has 1 amide bonds. The van der Waals surface area contributed by atoms with Gasteiger partial charge in [-0.1, -0.05) is 54.6 Å². The van der Waals surface area contributed by atoms with E-state index >= 15 is 0 Å². The minimum absolute atomic E-state index is 0.0380. The van der Waals surface area contributed by atoms with Crippen molar-refractivity contribution < 1.29 is 19.1 Å². The van der Waals surface area contributed by atoms with Gasteiger partial charge in [-0.15, -0.1) is 11.3 Å². The number of amides is 1. The molecule has 0 fully saturated rings. The van der Waals surface area contributed by atoms with Crippen LogP contribution in [-0.2, 0) is 16.0 Å². The van der Waals surface area contributed by atoms with Gasteiger partial charge in [0.2, 0.25) is 5.91 Å². The van der Waals surface area contributed by atoms with Gasteiger partial charge in [0, 0.05) is 24.6 Å². The molecule has 30 heavy (non-hydrogen) atoms. The summed E-state index contributed by atoms with van der Waals surface area (Å²) in [6, 6.07) is 18.7. The number of rotatable bonds is 9. The van der Waals surface area contributed by atoms with Crippen molar-refractivity contribution in [2.75, 3.05) is 13.2 Å². The number of aryl methyl sites for hydroxylation is 1. The summed E-state index contributed by atoms with van der Waals surface area (Å²) in [5.74, 6) is -0.776. The maximum Gasteiger partial charge on any atom is 0.349 e. The predicted molar refractivity (Wildman–Crippen MR) is 118 cm³/mol. The van der Waals surface area contributed by atoms with Crippen LogP contribution >= 0.6 is 11.3 Å². The van der Waals surface area contributed by atoms with E-state index in [0.29, 0.717) is 17.0 Å². The smallest absolute Gasteiger partial charge is 0.349 e. The highest BCUT2D eigenvalue weighted by molar-refractivity contribution is 7.12. The normalized spacial score (nSPS) is 10.4. The van der Waals surface area contributed by atoms with Crippen molar-refractivity contribution in [2.45, 2.75) is 19.8 Å². The van der Waals surface area contributed by atoms with Gasteiger partial charge in [-0.25, -0.2) is 4.79 Å². The Labute approximate surface area is 179 Å². The van der Waals surface area contributed by atoms with Gasteiger partial charge in [-0.2, -0.15) is 0 Å². The Morgan fingerprint density at radius 1 is 0.967 bits per heavy atom. The molecule has 1 N–H and O–H groups in total. The first-order valence-electron chi connectivity index (χ1n) is 9.71. The van der Waals surface area contributed by atoms with Gasteiger partial charge >= 0.3 is 5.97 Å². The lowest BCUT2D eigenvalue weighted by atomic mass is 10.1. The van der Waals surface area contributed by atoms with Crippen molar-refractivity contribution in [3.05, 3.63) is 82.0 Å². The Morgan fingerprint density at radius 2 is 1.70 bits per heavy atom. The predicted octanol–water partition coefficient (Wildman–Crippen LogP) is 4.52. The second kappa shape index (κ2) is 10.5. The molecule has 0 saturated carbocycles. The second-order valence-corrected chi connectivity index (χ2v) is 7.73. The topological polar surface area (TPSA) is 72.5 Å². The van der Waals surface area contributed by atoms with Crippen LogP contribution in [0.15, 0.2) is 66.0 Å². The summed E-state index contributed by atoms with van der Waals surface area (Å²) < 4.78 is 5.28. The number of carbonyl (C=O) groups is 3. The van der Waals surface area contributed by atoms with Crippen LogP contribution in [0.2, 0.25) is 0 Å². The fraction of sp³-hybridized carbons (Fsp3) is 0.208. The first kappa shape index (κ1) is 21.5. The molecule has 0 bridgehead atoms. The van der Waals surface area contributed by atoms with Crippen LogP contribution in [-0.4, -0.2) is 30.8 Å². The zero-order chi connectivity index (χ0) is 21.3. The fourth-order valence-corrected chi connectivity index (χ4v) is 3.81. The summed E-state index contributed by atoms with van der Waals surface area (Å²) in [5, 5.41) is 4.60. The lowest BCUT2D eigenvalue weighted by Crippen LogP contribution is -2.21.